The van der Waals surface area contributed by atoms with Crippen LogP contribution in [0.1, 0.15) is 51.2 Å². The molecule has 3 aliphatic heterocycles. The number of ether oxygens (including phenoxy) is 4. The SMILES string of the molecule is CC(C)(C)[Si]OC(c1ccccc1)(c1ccccc1)[C@@H]1O[C@H](CC=O)CC[C@@]12CN(c1ccc3c(c1)OCCO3)C(=O)O2. The van der Waals surface area contributed by atoms with E-state index in [1.165, 1.54) is 0 Å². The third-order valence-corrected chi connectivity index (χ3v) is 9.16. The van der Waals surface area contributed by atoms with E-state index in [-0.39, 0.29) is 33.9 Å². The number of benzene rings is 3. The van der Waals surface area contributed by atoms with Crippen molar-refractivity contribution in [1.29, 1.82) is 0 Å². The van der Waals surface area contributed by atoms with E-state index in [2.05, 4.69) is 20.8 Å². The van der Waals surface area contributed by atoms with Gasteiger partial charge in [-0.25, -0.2) is 4.79 Å². The van der Waals surface area contributed by atoms with Gasteiger partial charge in [-0.1, -0.05) is 81.4 Å². The predicted molar refractivity (Wildman–Crippen MR) is 163 cm³/mol. The van der Waals surface area contributed by atoms with Gasteiger partial charge in [0.1, 0.15) is 31.2 Å². The molecule has 2 radical (unpaired) electrons. The molecule has 0 bridgehead atoms. The Labute approximate surface area is 255 Å². The number of carbonyl (C=O) groups is 2. The number of hydrogen-bond acceptors (Lipinski definition) is 7. The molecule has 0 saturated carbocycles. The van der Waals surface area contributed by atoms with Crippen LogP contribution in [0.3, 0.4) is 0 Å². The van der Waals surface area contributed by atoms with Crippen molar-refractivity contribution in [3.63, 3.8) is 0 Å². The quantitative estimate of drug-likeness (QED) is 0.229. The Balaban J connectivity index is 1.50. The fourth-order valence-electron chi connectivity index (χ4n) is 6.17. The first-order valence-corrected chi connectivity index (χ1v) is 15.7. The molecule has 3 heterocycles. The number of carbonyl (C=O) groups excluding carboxylic acids is 2. The van der Waals surface area contributed by atoms with Crippen LogP contribution >= 0.6 is 0 Å². The van der Waals surface area contributed by atoms with Crippen molar-refractivity contribution >= 4 is 27.8 Å². The van der Waals surface area contributed by atoms with Gasteiger partial charge in [0.2, 0.25) is 9.76 Å². The first kappa shape index (κ1) is 29.4. The highest BCUT2D eigenvalue weighted by Gasteiger charge is 2.63. The lowest BCUT2D eigenvalue weighted by molar-refractivity contribution is -0.216. The Kier molecular flexibility index (Phi) is 8.06. The van der Waals surface area contributed by atoms with Crippen LogP contribution in [-0.4, -0.2) is 59.7 Å². The van der Waals surface area contributed by atoms with E-state index >= 15 is 0 Å². The minimum Gasteiger partial charge on any atom is -0.486 e. The Morgan fingerprint density at radius 2 is 1.60 bits per heavy atom. The fourth-order valence-corrected chi connectivity index (χ4v) is 6.98. The zero-order chi connectivity index (χ0) is 30.1. The van der Waals surface area contributed by atoms with Crippen LogP contribution in [0, 0.1) is 0 Å². The topological polar surface area (TPSA) is 83.5 Å². The molecule has 0 unspecified atom stereocenters. The summed E-state index contributed by atoms with van der Waals surface area (Å²) in [6.07, 6.45) is 0.644. The maximum Gasteiger partial charge on any atom is 0.415 e. The molecule has 3 aromatic rings. The summed E-state index contributed by atoms with van der Waals surface area (Å²) in [5.41, 5.74) is 0.227. The van der Waals surface area contributed by atoms with Crippen molar-refractivity contribution in [1.82, 2.24) is 0 Å². The third-order valence-electron chi connectivity index (χ3n) is 8.12. The fraction of sp³-hybridized carbons (Fsp3) is 0.412. The Morgan fingerprint density at radius 3 is 2.23 bits per heavy atom. The van der Waals surface area contributed by atoms with Crippen molar-refractivity contribution in [3.05, 3.63) is 90.0 Å². The molecule has 3 aliphatic rings. The molecule has 3 atom stereocenters. The van der Waals surface area contributed by atoms with Crippen LogP contribution in [0.25, 0.3) is 0 Å². The largest absolute Gasteiger partial charge is 0.486 e. The number of hydrogen-bond donors (Lipinski definition) is 0. The zero-order valence-corrected chi connectivity index (χ0v) is 25.8. The lowest BCUT2D eigenvalue weighted by atomic mass is 9.71. The predicted octanol–water partition coefficient (Wildman–Crippen LogP) is 6.09. The van der Waals surface area contributed by atoms with E-state index in [9.17, 15) is 9.59 Å². The Hall–Kier alpha value is -3.66. The van der Waals surface area contributed by atoms with Gasteiger partial charge < -0.3 is 28.2 Å². The summed E-state index contributed by atoms with van der Waals surface area (Å²) in [5, 5.41) is -0.150. The standard InChI is InChI=1S/C34H37NO7Si/c1-32(2,3)43-42-34(24-10-6-4-7-11-24,25-12-8-5-9-13-25)30-33(18-16-27(40-30)17-19-36)23-35(31(37)41-33)26-14-15-28-29(22-26)39-21-20-38-28/h4-15,19,22,27,30H,16-18,20-21,23H2,1-3H3/t27-,30+,33+/m0/s1. The number of amides is 1. The number of nitrogens with zero attached hydrogens (tertiary/aromatic N) is 1. The molecule has 1 amide bonds. The molecule has 8 nitrogen and oxygen atoms in total. The summed E-state index contributed by atoms with van der Waals surface area (Å²) in [6.45, 7) is 7.58. The van der Waals surface area contributed by atoms with Gasteiger partial charge in [-0.15, -0.1) is 0 Å². The van der Waals surface area contributed by atoms with Crippen LogP contribution in [0.5, 0.6) is 11.5 Å². The van der Waals surface area contributed by atoms with Gasteiger partial charge in [0.05, 0.1) is 18.3 Å². The van der Waals surface area contributed by atoms with Crippen molar-refractivity contribution in [2.45, 2.75) is 68.5 Å². The summed E-state index contributed by atoms with van der Waals surface area (Å²) < 4.78 is 32.0. The Bertz CT molecular complexity index is 1400. The van der Waals surface area contributed by atoms with Gasteiger partial charge in [0, 0.05) is 12.5 Å². The lowest BCUT2D eigenvalue weighted by Crippen LogP contribution is -2.63. The van der Waals surface area contributed by atoms with E-state index in [1.807, 2.05) is 78.9 Å². The van der Waals surface area contributed by atoms with Gasteiger partial charge in [0.15, 0.2) is 17.1 Å². The number of fused-ring (bicyclic) bond motifs is 1. The van der Waals surface area contributed by atoms with E-state index in [0.29, 0.717) is 43.2 Å². The van der Waals surface area contributed by atoms with Crippen molar-refractivity contribution < 1.29 is 33.0 Å². The summed E-state index contributed by atoms with van der Waals surface area (Å²) in [6, 6.07) is 25.5. The van der Waals surface area contributed by atoms with Gasteiger partial charge >= 0.3 is 6.09 Å². The number of rotatable bonds is 8. The van der Waals surface area contributed by atoms with E-state index in [0.717, 1.165) is 17.4 Å². The minimum absolute atomic E-state index is 0.0902. The second-order valence-corrected chi connectivity index (χ2v) is 14.3. The summed E-state index contributed by atoms with van der Waals surface area (Å²) >= 11 is 0. The highest BCUT2D eigenvalue weighted by molar-refractivity contribution is 6.32. The maximum atomic E-state index is 13.8. The first-order valence-electron chi connectivity index (χ1n) is 14.8. The monoisotopic (exact) mass is 599 g/mol. The van der Waals surface area contributed by atoms with Crippen molar-refractivity contribution in [2.24, 2.45) is 0 Å². The smallest absolute Gasteiger partial charge is 0.415 e. The Morgan fingerprint density at radius 1 is 0.953 bits per heavy atom. The minimum atomic E-state index is -1.14. The van der Waals surface area contributed by atoms with Gasteiger partial charge in [-0.3, -0.25) is 4.90 Å². The molecule has 9 heteroatoms. The van der Waals surface area contributed by atoms with Crippen LogP contribution in [0.15, 0.2) is 78.9 Å². The molecular formula is C34H37NO7Si. The number of anilines is 1. The van der Waals surface area contributed by atoms with Crippen LogP contribution in [0.2, 0.25) is 5.04 Å². The second kappa shape index (κ2) is 11.8. The third kappa shape index (κ3) is 5.69. The van der Waals surface area contributed by atoms with Gasteiger partial charge in [-0.05, 0) is 41.1 Å². The number of aldehydes is 1. The molecule has 2 fully saturated rings. The average Bonchev–Trinajstić information content (AvgIpc) is 3.35. The molecule has 1 spiro atoms. The van der Waals surface area contributed by atoms with Crippen LogP contribution in [0.4, 0.5) is 10.5 Å². The molecule has 0 aromatic heterocycles. The van der Waals surface area contributed by atoms with Gasteiger partial charge in [-0.2, -0.15) is 0 Å². The summed E-state index contributed by atoms with van der Waals surface area (Å²) in [7, 11) is 0.0902. The van der Waals surface area contributed by atoms with Crippen molar-refractivity contribution in [2.75, 3.05) is 24.7 Å². The van der Waals surface area contributed by atoms with Gasteiger partial charge in [0.25, 0.3) is 0 Å². The second-order valence-electron chi connectivity index (χ2n) is 12.3. The normalized spacial score (nSPS) is 23.7. The van der Waals surface area contributed by atoms with Crippen LogP contribution < -0.4 is 14.4 Å². The molecule has 6 rings (SSSR count). The van der Waals surface area contributed by atoms with Crippen molar-refractivity contribution in [3.8, 4) is 11.5 Å². The molecular weight excluding hydrogens is 562 g/mol. The molecule has 0 aliphatic carbocycles. The summed E-state index contributed by atoms with van der Waals surface area (Å²) in [4.78, 5) is 27.1. The van der Waals surface area contributed by atoms with Crippen LogP contribution in [-0.2, 0) is 24.3 Å². The maximum absolute atomic E-state index is 13.8. The molecule has 43 heavy (non-hydrogen) atoms. The molecule has 224 valence electrons. The van der Waals surface area contributed by atoms with E-state index < -0.39 is 23.4 Å². The molecule has 3 aromatic carbocycles. The highest BCUT2D eigenvalue weighted by atomic mass is 28.2. The first-order chi connectivity index (χ1) is 20.7. The zero-order valence-electron chi connectivity index (χ0n) is 24.8. The van der Waals surface area contributed by atoms with E-state index in [4.69, 9.17) is 23.4 Å². The molecule has 0 N–H and O–H groups in total. The lowest BCUT2D eigenvalue weighted by Gasteiger charge is -2.52. The average molecular weight is 600 g/mol. The van der Waals surface area contributed by atoms with E-state index in [1.54, 1.807) is 4.90 Å². The summed E-state index contributed by atoms with van der Waals surface area (Å²) in [5.74, 6) is 1.24. The molecule has 2 saturated heterocycles. The highest BCUT2D eigenvalue weighted by Crippen LogP contribution is 2.51.